The van der Waals surface area contributed by atoms with Gasteiger partial charge in [-0.15, -0.1) is 10.2 Å². The van der Waals surface area contributed by atoms with Crippen molar-refractivity contribution in [1.29, 1.82) is 0 Å². The molecule has 1 fully saturated rings. The zero-order valence-corrected chi connectivity index (χ0v) is 16.1. The minimum Gasteiger partial charge on any atom is -0.481 e. The highest BCUT2D eigenvalue weighted by Crippen LogP contribution is 2.24. The maximum Gasteiger partial charge on any atom is 0.277 e. The Bertz CT molecular complexity index is 901. The van der Waals surface area contributed by atoms with Crippen LogP contribution >= 0.6 is 11.8 Å². The van der Waals surface area contributed by atoms with Gasteiger partial charge in [0.2, 0.25) is 5.91 Å². The molecular formula is C16H18FN3O5S2. The van der Waals surface area contributed by atoms with E-state index in [1.165, 1.54) is 24.3 Å². The zero-order valence-electron chi connectivity index (χ0n) is 14.4. The Kier molecular flexibility index (Phi) is 6.00. The monoisotopic (exact) mass is 415 g/mol. The highest BCUT2D eigenvalue weighted by Gasteiger charge is 2.29. The minimum atomic E-state index is -3.04. The highest BCUT2D eigenvalue weighted by molar-refractivity contribution is 7.99. The summed E-state index contributed by atoms with van der Waals surface area (Å²) in [6.45, 7) is 1.71. The normalized spacial score (nSPS) is 19.6. The number of amides is 1. The van der Waals surface area contributed by atoms with Crippen LogP contribution in [0.15, 0.2) is 33.9 Å². The number of rotatable bonds is 7. The van der Waals surface area contributed by atoms with Gasteiger partial charge in [-0.25, -0.2) is 12.8 Å². The summed E-state index contributed by atoms with van der Waals surface area (Å²) in [5.41, 5.74) is 0. The molecule has 0 spiro atoms. The van der Waals surface area contributed by atoms with E-state index in [0.717, 1.165) is 11.8 Å². The molecule has 1 aromatic heterocycles. The summed E-state index contributed by atoms with van der Waals surface area (Å²) in [5, 5.41) is 10.6. The Morgan fingerprint density at radius 3 is 2.81 bits per heavy atom. The molecule has 2 atom stereocenters. The van der Waals surface area contributed by atoms with Crippen LogP contribution in [0.3, 0.4) is 0 Å². The van der Waals surface area contributed by atoms with Gasteiger partial charge in [0.15, 0.2) is 15.9 Å². The molecule has 3 rings (SSSR count). The Labute approximate surface area is 159 Å². The molecule has 1 amide bonds. The van der Waals surface area contributed by atoms with Crippen molar-refractivity contribution in [2.45, 2.75) is 30.7 Å². The van der Waals surface area contributed by atoms with Crippen molar-refractivity contribution in [3.05, 3.63) is 36.0 Å². The van der Waals surface area contributed by atoms with Gasteiger partial charge in [0.05, 0.1) is 17.3 Å². The number of nitrogens with one attached hydrogen (secondary N) is 1. The fourth-order valence-electron chi connectivity index (χ4n) is 2.52. The maximum absolute atomic E-state index is 12.9. The van der Waals surface area contributed by atoms with E-state index in [4.69, 9.17) is 9.15 Å². The second kappa shape index (κ2) is 8.26. The van der Waals surface area contributed by atoms with Crippen LogP contribution in [0.2, 0.25) is 0 Å². The molecule has 2 aromatic rings. The first-order valence-corrected chi connectivity index (χ1v) is 11.0. The van der Waals surface area contributed by atoms with Crippen molar-refractivity contribution in [3.8, 4) is 5.75 Å². The topological polar surface area (TPSA) is 111 Å². The predicted octanol–water partition coefficient (Wildman–Crippen LogP) is 1.74. The van der Waals surface area contributed by atoms with E-state index < -0.39 is 15.9 Å². The molecule has 0 unspecified atom stereocenters. The number of ether oxygens (including phenoxy) is 1. The van der Waals surface area contributed by atoms with Gasteiger partial charge in [0, 0.05) is 6.04 Å². The molecule has 0 bridgehead atoms. The number of carbonyl (C=O) groups is 1. The first-order valence-electron chi connectivity index (χ1n) is 8.19. The summed E-state index contributed by atoms with van der Waals surface area (Å²) in [6, 6.07) is 5.21. The molecule has 0 radical (unpaired) electrons. The van der Waals surface area contributed by atoms with Crippen molar-refractivity contribution >= 4 is 27.5 Å². The second-order valence-electron chi connectivity index (χ2n) is 6.08. The quantitative estimate of drug-likeness (QED) is 0.681. The number of benzene rings is 1. The lowest BCUT2D eigenvalue weighted by Gasteiger charge is -2.10. The van der Waals surface area contributed by atoms with E-state index in [1.807, 2.05) is 0 Å². The van der Waals surface area contributed by atoms with E-state index in [1.54, 1.807) is 6.92 Å². The van der Waals surface area contributed by atoms with Crippen molar-refractivity contribution in [2.24, 2.45) is 0 Å². The van der Waals surface area contributed by atoms with Crippen LogP contribution < -0.4 is 10.1 Å². The molecule has 0 aliphatic carbocycles. The summed E-state index contributed by atoms with van der Waals surface area (Å²) < 4.78 is 46.8. The number of nitrogens with zero attached hydrogens (tertiary/aromatic N) is 2. The largest absolute Gasteiger partial charge is 0.481 e. The first kappa shape index (κ1) is 19.6. The van der Waals surface area contributed by atoms with E-state index in [-0.39, 0.29) is 46.1 Å². The van der Waals surface area contributed by atoms with Crippen LogP contribution in [-0.2, 0) is 14.6 Å². The number of carbonyl (C=O) groups excluding carboxylic acids is 1. The van der Waals surface area contributed by atoms with E-state index >= 15 is 0 Å². The second-order valence-corrected chi connectivity index (χ2v) is 9.23. The van der Waals surface area contributed by atoms with E-state index in [9.17, 15) is 17.6 Å². The predicted molar refractivity (Wildman–Crippen MR) is 95.7 cm³/mol. The third-order valence-corrected chi connectivity index (χ3v) is 6.41. The van der Waals surface area contributed by atoms with E-state index in [0.29, 0.717) is 12.2 Å². The van der Waals surface area contributed by atoms with Crippen LogP contribution in [0, 0.1) is 5.82 Å². The number of aromatic nitrogens is 2. The molecule has 11 heteroatoms. The van der Waals surface area contributed by atoms with Crippen LogP contribution in [0.1, 0.15) is 25.3 Å². The molecule has 8 nitrogen and oxygen atoms in total. The van der Waals surface area contributed by atoms with Gasteiger partial charge in [0.25, 0.3) is 11.1 Å². The molecule has 1 aliphatic heterocycles. The zero-order chi connectivity index (χ0) is 19.4. The van der Waals surface area contributed by atoms with Crippen LogP contribution in [0.4, 0.5) is 4.39 Å². The summed E-state index contributed by atoms with van der Waals surface area (Å²) in [7, 11) is -3.04. The Balaban J connectivity index is 1.47. The smallest absolute Gasteiger partial charge is 0.277 e. The lowest BCUT2D eigenvalue weighted by Crippen LogP contribution is -2.36. The molecular weight excluding hydrogens is 397 g/mol. The molecule has 1 aromatic carbocycles. The molecule has 0 saturated carbocycles. The Morgan fingerprint density at radius 1 is 1.41 bits per heavy atom. The third-order valence-electron chi connectivity index (χ3n) is 3.82. The number of halogens is 1. The molecule has 1 saturated heterocycles. The van der Waals surface area contributed by atoms with Crippen molar-refractivity contribution in [3.63, 3.8) is 0 Å². The molecule has 1 N–H and O–H groups in total. The van der Waals surface area contributed by atoms with Gasteiger partial charge in [0.1, 0.15) is 11.6 Å². The average molecular weight is 415 g/mol. The van der Waals surface area contributed by atoms with Crippen LogP contribution in [0.25, 0.3) is 0 Å². The Morgan fingerprint density at radius 2 is 2.15 bits per heavy atom. The summed E-state index contributed by atoms with van der Waals surface area (Å²) in [5.74, 6) is 0.144. The number of hydrogen-bond donors (Lipinski definition) is 1. The molecule has 27 heavy (non-hydrogen) atoms. The SMILES string of the molecule is C[C@@H](Oc1ccc(F)cc1)c1nnc(SCC(=O)N[C@H]2CCS(=O)(=O)C2)o1. The molecule has 1 aliphatic rings. The van der Waals surface area contributed by atoms with Crippen molar-refractivity contribution in [1.82, 2.24) is 15.5 Å². The minimum absolute atomic E-state index is 0.0215. The highest BCUT2D eigenvalue weighted by atomic mass is 32.2. The molecule has 2 heterocycles. The van der Waals surface area contributed by atoms with Crippen LogP contribution in [-0.4, -0.2) is 47.8 Å². The number of thioether (sulfide) groups is 1. The lowest BCUT2D eigenvalue weighted by atomic mass is 10.3. The lowest BCUT2D eigenvalue weighted by molar-refractivity contribution is -0.119. The van der Waals surface area contributed by atoms with Crippen LogP contribution in [0.5, 0.6) is 5.75 Å². The molecule has 146 valence electrons. The summed E-state index contributed by atoms with van der Waals surface area (Å²) >= 11 is 1.05. The summed E-state index contributed by atoms with van der Waals surface area (Å²) in [6.07, 6.45) is -0.114. The fourth-order valence-corrected chi connectivity index (χ4v) is 4.77. The number of sulfone groups is 1. The van der Waals surface area contributed by atoms with Gasteiger partial charge < -0.3 is 14.5 Å². The van der Waals surface area contributed by atoms with Crippen molar-refractivity contribution < 1.29 is 26.8 Å². The van der Waals surface area contributed by atoms with Gasteiger partial charge in [-0.05, 0) is 37.6 Å². The van der Waals surface area contributed by atoms with E-state index in [2.05, 4.69) is 15.5 Å². The maximum atomic E-state index is 12.9. The summed E-state index contributed by atoms with van der Waals surface area (Å²) in [4.78, 5) is 11.9. The van der Waals surface area contributed by atoms with Crippen molar-refractivity contribution in [2.75, 3.05) is 17.3 Å². The third kappa shape index (κ3) is 5.67. The van der Waals surface area contributed by atoms with Gasteiger partial charge in [-0.3, -0.25) is 4.79 Å². The standard InChI is InChI=1S/C16H18FN3O5S2/c1-10(24-13-4-2-11(17)3-5-13)15-19-20-16(25-15)26-8-14(21)18-12-6-7-27(22,23)9-12/h2-5,10,12H,6-9H2,1H3,(H,18,21)/t10-,12+/m1/s1. The first-order chi connectivity index (χ1) is 12.8. The fraction of sp³-hybridized carbons (Fsp3) is 0.438. The Hall–Kier alpha value is -2.14. The van der Waals surface area contributed by atoms with Gasteiger partial charge >= 0.3 is 0 Å². The van der Waals surface area contributed by atoms with Gasteiger partial charge in [-0.1, -0.05) is 11.8 Å². The average Bonchev–Trinajstić information content (AvgIpc) is 3.21. The number of hydrogen-bond acceptors (Lipinski definition) is 8. The van der Waals surface area contributed by atoms with Gasteiger partial charge in [-0.2, -0.15) is 0 Å².